The van der Waals surface area contributed by atoms with Gasteiger partial charge in [0.2, 0.25) is 6.41 Å². The first-order valence-electron chi connectivity index (χ1n) is 4.28. The number of hydrogen-bond donors (Lipinski definition) is 0. The summed E-state index contributed by atoms with van der Waals surface area (Å²) in [5.41, 5.74) is 0. The molecule has 1 rings (SSSR count). The Labute approximate surface area is 67.3 Å². The topological polar surface area (TPSA) is 29.5 Å². The van der Waals surface area contributed by atoms with Crippen molar-refractivity contribution in [2.24, 2.45) is 0 Å². The molecule has 11 heavy (non-hydrogen) atoms. The molecular weight excluding hydrogens is 142 g/mol. The Morgan fingerprint density at radius 1 is 1.09 bits per heavy atom. The predicted molar refractivity (Wildman–Crippen MR) is 41.8 cm³/mol. The zero-order valence-corrected chi connectivity index (χ0v) is 6.79. The molecule has 0 aromatic rings. The first kappa shape index (κ1) is 8.53. The van der Waals surface area contributed by atoms with Crippen molar-refractivity contribution in [1.29, 1.82) is 0 Å². The van der Waals surface area contributed by atoms with Crippen LogP contribution in [0.4, 0.5) is 0 Å². The number of carbonyl (C=O) groups is 1. The Balaban J connectivity index is 2.24. The molecule has 1 heterocycles. The smallest absolute Gasteiger partial charge is 0.233 e. The number of nitrogens with zero attached hydrogens (tertiary/aromatic N) is 1. The lowest BCUT2D eigenvalue weighted by Gasteiger charge is -2.14. The van der Waals surface area contributed by atoms with Gasteiger partial charge in [-0.05, 0) is 12.8 Å². The van der Waals surface area contributed by atoms with E-state index in [1.165, 1.54) is 24.3 Å². The summed E-state index contributed by atoms with van der Waals surface area (Å²) >= 11 is 0. The van der Waals surface area contributed by atoms with Gasteiger partial charge in [-0.25, -0.2) is 5.06 Å². The van der Waals surface area contributed by atoms with Crippen LogP contribution in [0.1, 0.15) is 32.1 Å². The quantitative estimate of drug-likeness (QED) is 0.537. The van der Waals surface area contributed by atoms with Gasteiger partial charge in [0.15, 0.2) is 0 Å². The van der Waals surface area contributed by atoms with Crippen molar-refractivity contribution in [3.8, 4) is 0 Å². The molecule has 0 spiro atoms. The van der Waals surface area contributed by atoms with Crippen molar-refractivity contribution in [3.63, 3.8) is 0 Å². The summed E-state index contributed by atoms with van der Waals surface area (Å²) in [6.07, 6.45) is 6.63. The van der Waals surface area contributed by atoms with E-state index < -0.39 is 0 Å². The fourth-order valence-electron chi connectivity index (χ4n) is 1.23. The molecule has 0 atom stereocenters. The zero-order chi connectivity index (χ0) is 7.94. The molecule has 0 aromatic carbocycles. The summed E-state index contributed by atoms with van der Waals surface area (Å²) in [5.74, 6) is 0. The lowest BCUT2D eigenvalue weighted by atomic mass is 10.1. The van der Waals surface area contributed by atoms with E-state index in [9.17, 15) is 4.79 Å². The molecule has 0 aromatic heterocycles. The highest BCUT2D eigenvalue weighted by Crippen LogP contribution is 2.07. The molecule has 0 saturated carbocycles. The maximum absolute atomic E-state index is 10.3. The van der Waals surface area contributed by atoms with Crippen LogP contribution in [0, 0.1) is 0 Å². The normalized spacial score (nSPS) is 21.6. The van der Waals surface area contributed by atoms with E-state index in [0.29, 0.717) is 6.61 Å². The predicted octanol–water partition coefficient (Wildman–Crippen LogP) is 1.34. The van der Waals surface area contributed by atoms with Crippen molar-refractivity contribution < 1.29 is 9.63 Å². The van der Waals surface area contributed by atoms with E-state index in [0.717, 1.165) is 25.8 Å². The molecule has 0 N–H and O–H groups in total. The van der Waals surface area contributed by atoms with Gasteiger partial charge in [0.05, 0.1) is 6.61 Å². The van der Waals surface area contributed by atoms with E-state index in [1.807, 2.05) is 0 Å². The fourth-order valence-corrected chi connectivity index (χ4v) is 1.23. The molecular formula is C8H15NO2. The Kier molecular flexibility index (Phi) is 3.98. The molecule has 1 amide bonds. The Hall–Kier alpha value is -0.570. The van der Waals surface area contributed by atoms with Crippen LogP contribution in [0.25, 0.3) is 0 Å². The molecule has 0 unspecified atom stereocenters. The van der Waals surface area contributed by atoms with Gasteiger partial charge >= 0.3 is 0 Å². The largest absolute Gasteiger partial charge is 0.276 e. The van der Waals surface area contributed by atoms with Crippen molar-refractivity contribution in [2.45, 2.75) is 32.1 Å². The average Bonchev–Trinajstić information content (AvgIpc) is 2.16. The van der Waals surface area contributed by atoms with Crippen molar-refractivity contribution in [3.05, 3.63) is 0 Å². The molecule has 64 valence electrons. The first-order valence-corrected chi connectivity index (χ1v) is 4.28. The summed E-state index contributed by atoms with van der Waals surface area (Å²) in [6.45, 7) is 1.45. The minimum atomic E-state index is 0.693. The summed E-state index contributed by atoms with van der Waals surface area (Å²) in [4.78, 5) is 15.5. The van der Waals surface area contributed by atoms with E-state index in [-0.39, 0.29) is 0 Å². The molecule has 1 aliphatic heterocycles. The van der Waals surface area contributed by atoms with Crippen LogP contribution in [0.2, 0.25) is 0 Å². The van der Waals surface area contributed by atoms with Gasteiger partial charge in [0.25, 0.3) is 0 Å². The maximum Gasteiger partial charge on any atom is 0.233 e. The lowest BCUT2D eigenvalue weighted by molar-refractivity contribution is -0.172. The highest BCUT2D eigenvalue weighted by molar-refractivity contribution is 5.44. The van der Waals surface area contributed by atoms with Crippen molar-refractivity contribution in [1.82, 2.24) is 5.06 Å². The second-order valence-electron chi connectivity index (χ2n) is 2.85. The molecule has 0 aliphatic carbocycles. The first-order chi connectivity index (χ1) is 5.43. The van der Waals surface area contributed by atoms with Crippen LogP contribution >= 0.6 is 0 Å². The Morgan fingerprint density at radius 2 is 1.82 bits per heavy atom. The summed E-state index contributed by atoms with van der Waals surface area (Å²) in [5, 5.41) is 1.41. The lowest BCUT2D eigenvalue weighted by Crippen LogP contribution is -2.23. The van der Waals surface area contributed by atoms with E-state index in [1.54, 1.807) is 0 Å². The average molecular weight is 157 g/mol. The third-order valence-electron chi connectivity index (χ3n) is 1.90. The van der Waals surface area contributed by atoms with Gasteiger partial charge in [-0.3, -0.25) is 9.63 Å². The highest BCUT2D eigenvalue weighted by Gasteiger charge is 2.03. The molecule has 0 radical (unpaired) electrons. The minimum absolute atomic E-state index is 0.693. The number of hydroxylamine groups is 2. The monoisotopic (exact) mass is 157 g/mol. The van der Waals surface area contributed by atoms with Crippen LogP contribution in [-0.4, -0.2) is 24.6 Å². The van der Waals surface area contributed by atoms with Crippen LogP contribution in [0.5, 0.6) is 0 Å². The summed E-state index contributed by atoms with van der Waals surface area (Å²) < 4.78 is 0. The molecule has 3 nitrogen and oxygen atoms in total. The number of hydrogen-bond acceptors (Lipinski definition) is 2. The SMILES string of the molecule is O=CN1CCCCCCCO1. The second-order valence-corrected chi connectivity index (χ2v) is 2.85. The van der Waals surface area contributed by atoms with Crippen LogP contribution in [-0.2, 0) is 9.63 Å². The maximum atomic E-state index is 10.3. The highest BCUT2D eigenvalue weighted by atomic mass is 16.7. The number of carbonyl (C=O) groups excluding carboxylic acids is 1. The van der Waals surface area contributed by atoms with Gasteiger partial charge in [-0.1, -0.05) is 19.3 Å². The van der Waals surface area contributed by atoms with Gasteiger partial charge < -0.3 is 0 Å². The van der Waals surface area contributed by atoms with E-state index in [2.05, 4.69) is 0 Å². The van der Waals surface area contributed by atoms with Crippen molar-refractivity contribution in [2.75, 3.05) is 13.2 Å². The second kappa shape index (κ2) is 5.13. The van der Waals surface area contributed by atoms with Crippen LogP contribution in [0.15, 0.2) is 0 Å². The third kappa shape index (κ3) is 3.37. The molecule has 0 bridgehead atoms. The van der Waals surface area contributed by atoms with Gasteiger partial charge in [0.1, 0.15) is 0 Å². The number of rotatable bonds is 1. The molecule has 1 saturated heterocycles. The summed E-state index contributed by atoms with van der Waals surface area (Å²) in [6, 6.07) is 0. The van der Waals surface area contributed by atoms with Gasteiger partial charge in [-0.2, -0.15) is 0 Å². The van der Waals surface area contributed by atoms with Gasteiger partial charge in [0, 0.05) is 6.54 Å². The van der Waals surface area contributed by atoms with E-state index >= 15 is 0 Å². The molecule has 1 fully saturated rings. The molecule has 3 heteroatoms. The standard InChI is InChI=1S/C8H15NO2/c10-8-9-6-4-2-1-3-5-7-11-9/h8H,1-7H2. The van der Waals surface area contributed by atoms with Gasteiger partial charge in [-0.15, -0.1) is 0 Å². The van der Waals surface area contributed by atoms with Crippen LogP contribution in [0.3, 0.4) is 0 Å². The minimum Gasteiger partial charge on any atom is -0.276 e. The van der Waals surface area contributed by atoms with Crippen LogP contribution < -0.4 is 0 Å². The fraction of sp³-hybridized carbons (Fsp3) is 0.875. The van der Waals surface area contributed by atoms with E-state index in [4.69, 9.17) is 4.84 Å². The Morgan fingerprint density at radius 3 is 2.64 bits per heavy atom. The van der Waals surface area contributed by atoms with Crippen molar-refractivity contribution >= 4 is 6.41 Å². The summed E-state index contributed by atoms with van der Waals surface area (Å²) in [7, 11) is 0. The Bertz CT molecular complexity index is 107. The molecule has 1 aliphatic rings. The third-order valence-corrected chi connectivity index (χ3v) is 1.90. The zero-order valence-electron chi connectivity index (χ0n) is 6.79. The number of amides is 1.